The van der Waals surface area contributed by atoms with Crippen LogP contribution in [0.5, 0.6) is 0 Å². The summed E-state index contributed by atoms with van der Waals surface area (Å²) in [4.78, 5) is 0. The van der Waals surface area contributed by atoms with E-state index in [4.69, 9.17) is 5.73 Å². The van der Waals surface area contributed by atoms with E-state index in [1.54, 1.807) is 0 Å². The summed E-state index contributed by atoms with van der Waals surface area (Å²) in [5.41, 5.74) is 8.61. The summed E-state index contributed by atoms with van der Waals surface area (Å²) in [5.74, 6) is 0.485. The molecule has 1 aromatic rings. The lowest BCUT2D eigenvalue weighted by molar-refractivity contribution is 0.581. The predicted molar refractivity (Wildman–Crippen MR) is 52.4 cm³/mol. The van der Waals surface area contributed by atoms with Crippen LogP contribution in [0, 0.1) is 12.3 Å². The van der Waals surface area contributed by atoms with Gasteiger partial charge in [-0.3, -0.25) is 4.68 Å². The third kappa shape index (κ3) is 1.10. The minimum Gasteiger partial charge on any atom is -0.327 e. The number of nitrogens with two attached hydrogens (primary N) is 1. The van der Waals surface area contributed by atoms with E-state index in [2.05, 4.69) is 25.0 Å². The van der Waals surface area contributed by atoms with Crippen LogP contribution in [0.2, 0.25) is 0 Å². The molecule has 3 nitrogen and oxygen atoms in total. The molecule has 0 saturated heterocycles. The van der Waals surface area contributed by atoms with Crippen molar-refractivity contribution in [3.8, 4) is 0 Å². The predicted octanol–water partition coefficient (Wildman–Crippen LogP) is 1.18. The molecule has 1 heterocycles. The Morgan fingerprint density at radius 3 is 2.38 bits per heavy atom. The van der Waals surface area contributed by atoms with Gasteiger partial charge in [0.1, 0.15) is 0 Å². The molecule has 1 aromatic heterocycles. The highest BCUT2D eigenvalue weighted by atomic mass is 15.3. The fraction of sp³-hybridized carbons (Fsp3) is 0.700. The third-order valence-corrected chi connectivity index (χ3v) is 3.27. The van der Waals surface area contributed by atoms with Gasteiger partial charge in [0.25, 0.3) is 0 Å². The molecule has 13 heavy (non-hydrogen) atoms. The van der Waals surface area contributed by atoms with Gasteiger partial charge in [-0.05, 0) is 18.4 Å². The standard InChI is InChI=1S/C10H17N3/c1-6-5-7(13(4)12-6)8-9(11)10(8,2)3/h5,8-9H,11H2,1-4H3/t8-,9-/m1/s1. The van der Waals surface area contributed by atoms with Crippen molar-refractivity contribution in [2.45, 2.75) is 32.7 Å². The lowest BCUT2D eigenvalue weighted by Gasteiger charge is -2.01. The summed E-state index contributed by atoms with van der Waals surface area (Å²) in [5, 5.41) is 4.33. The van der Waals surface area contributed by atoms with Crippen LogP contribution in [0.1, 0.15) is 31.2 Å². The molecule has 0 amide bonds. The fourth-order valence-electron chi connectivity index (χ4n) is 2.16. The van der Waals surface area contributed by atoms with Crippen LogP contribution in [0.15, 0.2) is 6.07 Å². The Hall–Kier alpha value is -0.830. The number of aryl methyl sites for hydroxylation is 2. The zero-order valence-corrected chi connectivity index (χ0v) is 8.70. The first-order valence-electron chi connectivity index (χ1n) is 4.70. The van der Waals surface area contributed by atoms with E-state index < -0.39 is 0 Å². The maximum absolute atomic E-state index is 6.01. The normalized spacial score (nSPS) is 30.5. The first-order valence-corrected chi connectivity index (χ1v) is 4.70. The molecule has 72 valence electrons. The summed E-state index contributed by atoms with van der Waals surface area (Å²) in [7, 11) is 1.99. The van der Waals surface area contributed by atoms with Crippen LogP contribution in [0.25, 0.3) is 0 Å². The number of aromatic nitrogens is 2. The van der Waals surface area contributed by atoms with Gasteiger partial charge in [-0.1, -0.05) is 13.8 Å². The molecule has 1 saturated carbocycles. The van der Waals surface area contributed by atoms with Crippen LogP contribution >= 0.6 is 0 Å². The van der Waals surface area contributed by atoms with Crippen molar-refractivity contribution in [1.82, 2.24) is 9.78 Å². The number of rotatable bonds is 1. The summed E-state index contributed by atoms with van der Waals surface area (Å²) in [6, 6.07) is 2.43. The van der Waals surface area contributed by atoms with E-state index in [-0.39, 0.29) is 5.41 Å². The second-order valence-electron chi connectivity index (χ2n) is 4.66. The van der Waals surface area contributed by atoms with Gasteiger partial charge in [-0.15, -0.1) is 0 Å². The number of nitrogens with zero attached hydrogens (tertiary/aromatic N) is 2. The maximum atomic E-state index is 6.01. The number of hydrogen-bond donors (Lipinski definition) is 1. The highest BCUT2D eigenvalue weighted by molar-refractivity contribution is 5.30. The van der Waals surface area contributed by atoms with Crippen molar-refractivity contribution in [1.29, 1.82) is 0 Å². The molecule has 2 atom stereocenters. The molecular weight excluding hydrogens is 162 g/mol. The van der Waals surface area contributed by atoms with Crippen molar-refractivity contribution in [3.63, 3.8) is 0 Å². The van der Waals surface area contributed by atoms with E-state index in [9.17, 15) is 0 Å². The van der Waals surface area contributed by atoms with Gasteiger partial charge in [0.15, 0.2) is 0 Å². The van der Waals surface area contributed by atoms with Crippen LogP contribution in [0.4, 0.5) is 0 Å². The Labute approximate surface area is 78.9 Å². The summed E-state index contributed by atoms with van der Waals surface area (Å²) < 4.78 is 1.95. The van der Waals surface area contributed by atoms with Crippen LogP contribution in [-0.2, 0) is 7.05 Å². The molecule has 1 aliphatic carbocycles. The van der Waals surface area contributed by atoms with Gasteiger partial charge in [0.05, 0.1) is 5.69 Å². The van der Waals surface area contributed by atoms with E-state index in [1.807, 2.05) is 18.7 Å². The van der Waals surface area contributed by atoms with E-state index in [0.717, 1.165) is 5.69 Å². The van der Waals surface area contributed by atoms with E-state index in [0.29, 0.717) is 12.0 Å². The zero-order chi connectivity index (χ0) is 9.80. The zero-order valence-electron chi connectivity index (χ0n) is 8.70. The van der Waals surface area contributed by atoms with Crippen molar-refractivity contribution < 1.29 is 0 Å². The van der Waals surface area contributed by atoms with Crippen molar-refractivity contribution in [2.75, 3.05) is 0 Å². The third-order valence-electron chi connectivity index (χ3n) is 3.27. The fourth-order valence-corrected chi connectivity index (χ4v) is 2.16. The van der Waals surface area contributed by atoms with Gasteiger partial charge in [0, 0.05) is 24.7 Å². The van der Waals surface area contributed by atoms with Crippen molar-refractivity contribution in [3.05, 3.63) is 17.5 Å². The van der Waals surface area contributed by atoms with E-state index >= 15 is 0 Å². The smallest absolute Gasteiger partial charge is 0.0596 e. The topological polar surface area (TPSA) is 43.8 Å². The maximum Gasteiger partial charge on any atom is 0.0596 e. The molecule has 0 radical (unpaired) electrons. The number of hydrogen-bond acceptors (Lipinski definition) is 2. The molecule has 0 unspecified atom stereocenters. The second kappa shape index (κ2) is 2.35. The Bertz CT molecular complexity index is 338. The molecular formula is C10H17N3. The van der Waals surface area contributed by atoms with E-state index in [1.165, 1.54) is 5.69 Å². The highest BCUT2D eigenvalue weighted by Gasteiger charge is 2.57. The second-order valence-corrected chi connectivity index (χ2v) is 4.66. The molecule has 0 aromatic carbocycles. The quantitative estimate of drug-likeness (QED) is 0.703. The monoisotopic (exact) mass is 179 g/mol. The van der Waals surface area contributed by atoms with Gasteiger partial charge in [0.2, 0.25) is 0 Å². The summed E-state index contributed by atoms with van der Waals surface area (Å²) >= 11 is 0. The average molecular weight is 179 g/mol. The Balaban J connectivity index is 2.34. The SMILES string of the molecule is Cc1cc([C@@H]2[C@@H](N)C2(C)C)n(C)n1. The Kier molecular flexibility index (Phi) is 1.58. The lowest BCUT2D eigenvalue weighted by atomic mass is 10.1. The summed E-state index contributed by atoms with van der Waals surface area (Å²) in [6.45, 7) is 6.44. The van der Waals surface area contributed by atoms with Gasteiger partial charge < -0.3 is 5.73 Å². The van der Waals surface area contributed by atoms with Gasteiger partial charge in [-0.25, -0.2) is 0 Å². The average Bonchev–Trinajstić information content (AvgIpc) is 2.36. The van der Waals surface area contributed by atoms with Crippen LogP contribution < -0.4 is 5.73 Å². The van der Waals surface area contributed by atoms with Crippen molar-refractivity contribution in [2.24, 2.45) is 18.2 Å². The molecule has 0 aliphatic heterocycles. The Morgan fingerprint density at radius 1 is 1.54 bits per heavy atom. The first-order chi connectivity index (χ1) is 5.94. The molecule has 1 fully saturated rings. The van der Waals surface area contributed by atoms with Crippen molar-refractivity contribution >= 4 is 0 Å². The molecule has 3 heteroatoms. The van der Waals surface area contributed by atoms with Gasteiger partial charge in [-0.2, -0.15) is 5.10 Å². The highest BCUT2D eigenvalue weighted by Crippen LogP contribution is 2.57. The summed E-state index contributed by atoms with van der Waals surface area (Å²) in [6.07, 6.45) is 0. The van der Waals surface area contributed by atoms with Gasteiger partial charge >= 0.3 is 0 Å². The van der Waals surface area contributed by atoms with Crippen LogP contribution in [-0.4, -0.2) is 15.8 Å². The molecule has 2 rings (SSSR count). The Morgan fingerprint density at radius 2 is 2.08 bits per heavy atom. The minimum atomic E-state index is 0.250. The molecule has 2 N–H and O–H groups in total. The molecule has 0 bridgehead atoms. The minimum absolute atomic E-state index is 0.250. The lowest BCUT2D eigenvalue weighted by Crippen LogP contribution is -2.07. The molecule has 0 spiro atoms. The van der Waals surface area contributed by atoms with Crippen LogP contribution in [0.3, 0.4) is 0 Å². The molecule has 1 aliphatic rings. The largest absolute Gasteiger partial charge is 0.327 e. The first kappa shape index (κ1) is 8.75.